The van der Waals surface area contributed by atoms with Gasteiger partial charge in [0.05, 0.1) is 5.52 Å². The number of rotatable bonds is 2. The van der Waals surface area contributed by atoms with Gasteiger partial charge in [-0.25, -0.2) is 0 Å². The number of benzene rings is 3. The quantitative estimate of drug-likeness (QED) is 0.313. The molecular weight excluding hydrogens is 382 g/mol. The highest BCUT2D eigenvalue weighted by molar-refractivity contribution is 7.26. The van der Waals surface area contributed by atoms with Crippen LogP contribution in [0.1, 0.15) is 17.5 Å². The second kappa shape index (κ2) is 6.32. The Morgan fingerprint density at radius 1 is 0.967 bits per heavy atom. The van der Waals surface area contributed by atoms with Crippen LogP contribution in [-0.2, 0) is 6.42 Å². The fourth-order valence-corrected chi connectivity index (χ4v) is 6.34. The first kappa shape index (κ1) is 17.5. The molecule has 0 spiro atoms. The van der Waals surface area contributed by atoms with E-state index in [9.17, 15) is 0 Å². The number of allylic oxidation sites excluding steroid dienone is 2. The van der Waals surface area contributed by atoms with Gasteiger partial charge < -0.3 is 4.57 Å². The SMILES string of the molecule is C=C/C=c1\c(=C)n(C=C)c2ccc3c(sc4ccc5ccc6c(c5c43)CCC=C6)c12. The van der Waals surface area contributed by atoms with Crippen LogP contribution in [0.2, 0.25) is 0 Å². The third-order valence-corrected chi connectivity index (χ3v) is 7.55. The van der Waals surface area contributed by atoms with Gasteiger partial charge in [-0.1, -0.05) is 68.3 Å². The maximum absolute atomic E-state index is 4.33. The Hall–Kier alpha value is -3.36. The van der Waals surface area contributed by atoms with Crippen molar-refractivity contribution in [3.63, 3.8) is 0 Å². The lowest BCUT2D eigenvalue weighted by Crippen LogP contribution is -2.24. The van der Waals surface area contributed by atoms with Crippen LogP contribution >= 0.6 is 11.3 Å². The van der Waals surface area contributed by atoms with Crippen LogP contribution in [0.3, 0.4) is 0 Å². The predicted molar refractivity (Wildman–Crippen MR) is 136 cm³/mol. The van der Waals surface area contributed by atoms with Gasteiger partial charge in [0.15, 0.2) is 0 Å². The fraction of sp³-hybridized carbons (Fsp3) is 0.0714. The van der Waals surface area contributed by atoms with Crippen molar-refractivity contribution in [1.29, 1.82) is 0 Å². The van der Waals surface area contributed by atoms with Crippen LogP contribution in [0, 0.1) is 0 Å². The molecule has 1 aliphatic carbocycles. The fourth-order valence-electron chi connectivity index (χ4n) is 5.08. The van der Waals surface area contributed by atoms with E-state index in [-0.39, 0.29) is 0 Å². The molecule has 0 radical (unpaired) electrons. The van der Waals surface area contributed by atoms with Crippen LogP contribution in [0.4, 0.5) is 0 Å². The molecule has 0 aliphatic heterocycles. The summed E-state index contributed by atoms with van der Waals surface area (Å²) in [4.78, 5) is 0. The monoisotopic (exact) mass is 403 g/mol. The van der Waals surface area contributed by atoms with E-state index < -0.39 is 0 Å². The van der Waals surface area contributed by atoms with Crippen LogP contribution in [0.5, 0.6) is 0 Å². The van der Waals surface area contributed by atoms with Crippen molar-refractivity contribution >= 4 is 78.1 Å². The summed E-state index contributed by atoms with van der Waals surface area (Å²) in [7, 11) is 0. The Morgan fingerprint density at radius 2 is 1.83 bits per heavy atom. The summed E-state index contributed by atoms with van der Waals surface area (Å²) >= 11 is 1.88. The minimum Gasteiger partial charge on any atom is -0.317 e. The molecule has 0 saturated carbocycles. The molecule has 3 aromatic carbocycles. The standard InChI is InChI=1S/C28H21NS/c1-4-8-20-17(3)29(5-2)23-15-14-22-27-24(30-28(22)26(20)23)16-13-19-12-11-18-9-6-7-10-21(18)25(19)27/h4-6,8-9,11-16H,1-3,7,10H2/b20-8+. The summed E-state index contributed by atoms with van der Waals surface area (Å²) in [6, 6.07) is 13.6. The smallest absolute Gasteiger partial charge is 0.0549 e. The molecule has 144 valence electrons. The van der Waals surface area contributed by atoms with E-state index in [0.717, 1.165) is 28.9 Å². The van der Waals surface area contributed by atoms with Crippen LogP contribution < -0.4 is 10.6 Å². The first-order valence-corrected chi connectivity index (χ1v) is 11.1. The van der Waals surface area contributed by atoms with Gasteiger partial charge in [-0.2, -0.15) is 0 Å². The molecule has 2 heterocycles. The Kier molecular flexibility index (Phi) is 3.68. The summed E-state index contributed by atoms with van der Waals surface area (Å²) in [6.45, 7) is 12.3. The lowest BCUT2D eigenvalue weighted by molar-refractivity contribution is 0.998. The normalized spacial score (nSPS) is 14.2. The zero-order valence-electron chi connectivity index (χ0n) is 16.7. The molecule has 0 fully saturated rings. The topological polar surface area (TPSA) is 4.93 Å². The van der Waals surface area contributed by atoms with E-state index in [1.54, 1.807) is 0 Å². The number of aromatic nitrogens is 1. The molecule has 0 unspecified atom stereocenters. The zero-order chi connectivity index (χ0) is 20.4. The number of nitrogens with zero attached hydrogens (tertiary/aromatic N) is 1. The van der Waals surface area contributed by atoms with Crippen molar-refractivity contribution in [2.24, 2.45) is 0 Å². The molecule has 5 aromatic rings. The van der Waals surface area contributed by atoms with Crippen molar-refractivity contribution in [1.82, 2.24) is 4.57 Å². The molecule has 0 atom stereocenters. The summed E-state index contributed by atoms with van der Waals surface area (Å²) < 4.78 is 4.74. The van der Waals surface area contributed by atoms with Crippen molar-refractivity contribution < 1.29 is 0 Å². The molecule has 2 heteroatoms. The summed E-state index contributed by atoms with van der Waals surface area (Å²) in [5, 5.41) is 8.81. The first-order chi connectivity index (χ1) is 14.7. The second-order valence-electron chi connectivity index (χ2n) is 7.86. The van der Waals surface area contributed by atoms with Crippen molar-refractivity contribution in [2.45, 2.75) is 12.8 Å². The maximum atomic E-state index is 4.33. The molecule has 0 saturated heterocycles. The molecule has 1 aliphatic rings. The summed E-state index contributed by atoms with van der Waals surface area (Å²) in [5.74, 6) is 0. The number of hydrogen-bond donors (Lipinski definition) is 0. The highest BCUT2D eigenvalue weighted by Gasteiger charge is 2.18. The van der Waals surface area contributed by atoms with Gasteiger partial charge in [0.1, 0.15) is 0 Å². The Bertz CT molecular complexity index is 1690. The minimum absolute atomic E-state index is 0.956. The molecular formula is C28H21NS. The number of aryl methyl sites for hydroxylation is 1. The third-order valence-electron chi connectivity index (χ3n) is 6.37. The Morgan fingerprint density at radius 3 is 2.67 bits per heavy atom. The van der Waals surface area contributed by atoms with Crippen LogP contribution in [-0.4, -0.2) is 4.57 Å². The molecule has 30 heavy (non-hydrogen) atoms. The molecule has 6 rings (SSSR count). The lowest BCUT2D eigenvalue weighted by Gasteiger charge is -2.14. The highest BCUT2D eigenvalue weighted by atomic mass is 32.1. The van der Waals surface area contributed by atoms with Crippen molar-refractivity contribution in [3.8, 4) is 0 Å². The average molecular weight is 404 g/mol. The van der Waals surface area contributed by atoms with Crippen LogP contribution in [0.25, 0.3) is 66.8 Å². The van der Waals surface area contributed by atoms with Gasteiger partial charge in [-0.15, -0.1) is 11.3 Å². The van der Waals surface area contributed by atoms with Gasteiger partial charge in [0, 0.05) is 42.3 Å². The average Bonchev–Trinajstić information content (AvgIpc) is 3.28. The Labute approximate surface area is 178 Å². The van der Waals surface area contributed by atoms with Gasteiger partial charge in [-0.05, 0) is 46.9 Å². The third kappa shape index (κ3) is 2.17. The second-order valence-corrected chi connectivity index (χ2v) is 8.92. The van der Waals surface area contributed by atoms with Crippen molar-refractivity contribution in [3.05, 3.63) is 83.4 Å². The number of fused-ring (bicyclic) bond motifs is 9. The molecule has 2 aromatic heterocycles. The van der Waals surface area contributed by atoms with Crippen molar-refractivity contribution in [2.75, 3.05) is 0 Å². The zero-order valence-corrected chi connectivity index (χ0v) is 17.6. The maximum Gasteiger partial charge on any atom is 0.0549 e. The number of thiophene rings is 1. The van der Waals surface area contributed by atoms with Crippen LogP contribution in [0.15, 0.2) is 61.7 Å². The predicted octanol–water partition coefficient (Wildman–Crippen LogP) is 6.60. The lowest BCUT2D eigenvalue weighted by atomic mass is 9.89. The summed E-state index contributed by atoms with van der Waals surface area (Å²) in [6.07, 6.45) is 12.5. The number of hydrogen-bond acceptors (Lipinski definition) is 1. The molecule has 0 bridgehead atoms. The highest BCUT2D eigenvalue weighted by Crippen LogP contribution is 2.43. The molecule has 0 amide bonds. The minimum atomic E-state index is 0.956. The molecule has 0 N–H and O–H groups in total. The van der Waals surface area contributed by atoms with E-state index in [1.807, 2.05) is 23.6 Å². The first-order valence-electron chi connectivity index (χ1n) is 10.3. The van der Waals surface area contributed by atoms with E-state index in [0.29, 0.717) is 0 Å². The van der Waals surface area contributed by atoms with Gasteiger partial charge >= 0.3 is 0 Å². The Balaban J connectivity index is 1.90. The summed E-state index contributed by atoms with van der Waals surface area (Å²) in [5.41, 5.74) is 4.00. The largest absolute Gasteiger partial charge is 0.317 e. The van der Waals surface area contributed by atoms with Gasteiger partial charge in [0.25, 0.3) is 0 Å². The van der Waals surface area contributed by atoms with Gasteiger partial charge in [-0.3, -0.25) is 0 Å². The van der Waals surface area contributed by atoms with E-state index in [4.69, 9.17) is 0 Å². The van der Waals surface area contributed by atoms with E-state index >= 15 is 0 Å². The van der Waals surface area contributed by atoms with Gasteiger partial charge in [0.2, 0.25) is 0 Å². The molecule has 1 nitrogen and oxygen atoms in total. The van der Waals surface area contributed by atoms with E-state index in [1.165, 1.54) is 47.5 Å². The van der Waals surface area contributed by atoms with E-state index in [2.05, 4.69) is 78.9 Å².